The maximum absolute atomic E-state index is 12.5. The summed E-state index contributed by atoms with van der Waals surface area (Å²) in [5.41, 5.74) is 1.19. The highest BCUT2D eigenvalue weighted by atomic mass is 16.2. The standard InChI is InChI=1S/C19H28N4O2/c1-2-20-8-10-22(11-9-20)18(24)16-19(25)23-14-12-21(13-15-23)17-6-4-3-5-7-17/h3-7H,2,8-16H2,1H3. The van der Waals surface area contributed by atoms with Gasteiger partial charge in [0.1, 0.15) is 6.42 Å². The maximum Gasteiger partial charge on any atom is 0.232 e. The lowest BCUT2D eigenvalue weighted by atomic mass is 10.2. The second-order valence-electron chi connectivity index (χ2n) is 6.70. The van der Waals surface area contributed by atoms with E-state index in [9.17, 15) is 9.59 Å². The van der Waals surface area contributed by atoms with Crippen LogP contribution >= 0.6 is 0 Å². The Balaban J connectivity index is 1.44. The number of carbonyl (C=O) groups is 2. The van der Waals surface area contributed by atoms with Gasteiger partial charge in [0.2, 0.25) is 11.8 Å². The molecule has 0 N–H and O–H groups in total. The molecular formula is C19H28N4O2. The van der Waals surface area contributed by atoms with Gasteiger partial charge in [-0.3, -0.25) is 9.59 Å². The number of piperazine rings is 2. The highest BCUT2D eigenvalue weighted by Crippen LogP contribution is 2.16. The predicted octanol–water partition coefficient (Wildman–Crippen LogP) is 0.889. The van der Waals surface area contributed by atoms with Gasteiger partial charge >= 0.3 is 0 Å². The van der Waals surface area contributed by atoms with E-state index in [-0.39, 0.29) is 18.2 Å². The Hall–Kier alpha value is -2.08. The van der Waals surface area contributed by atoms with Crippen LogP contribution in [0.4, 0.5) is 5.69 Å². The van der Waals surface area contributed by atoms with E-state index in [1.165, 1.54) is 5.69 Å². The zero-order valence-electron chi connectivity index (χ0n) is 15.1. The molecule has 2 heterocycles. The summed E-state index contributed by atoms with van der Waals surface area (Å²) in [6, 6.07) is 10.3. The summed E-state index contributed by atoms with van der Waals surface area (Å²) in [5.74, 6) is -0.0538. The van der Waals surface area contributed by atoms with Gasteiger partial charge in [-0.2, -0.15) is 0 Å². The average Bonchev–Trinajstić information content (AvgIpc) is 2.68. The number of anilines is 1. The van der Waals surface area contributed by atoms with Crippen LogP contribution in [0.5, 0.6) is 0 Å². The molecule has 0 bridgehead atoms. The number of benzene rings is 1. The van der Waals surface area contributed by atoms with Crippen molar-refractivity contribution in [3.05, 3.63) is 30.3 Å². The van der Waals surface area contributed by atoms with Gasteiger partial charge in [-0.05, 0) is 18.7 Å². The molecule has 2 aliphatic rings. The fourth-order valence-electron chi connectivity index (χ4n) is 3.52. The lowest BCUT2D eigenvalue weighted by Crippen LogP contribution is -2.52. The van der Waals surface area contributed by atoms with Gasteiger partial charge in [-0.1, -0.05) is 25.1 Å². The van der Waals surface area contributed by atoms with E-state index in [1.54, 1.807) is 0 Å². The number of nitrogens with zero attached hydrogens (tertiary/aromatic N) is 4. The van der Waals surface area contributed by atoms with Crippen molar-refractivity contribution in [2.75, 3.05) is 63.8 Å². The molecule has 0 aromatic heterocycles. The van der Waals surface area contributed by atoms with Crippen molar-refractivity contribution >= 4 is 17.5 Å². The van der Waals surface area contributed by atoms with Crippen LogP contribution in [0.15, 0.2) is 30.3 Å². The first-order valence-corrected chi connectivity index (χ1v) is 9.25. The molecule has 0 saturated carbocycles. The van der Waals surface area contributed by atoms with Crippen LogP contribution in [0, 0.1) is 0 Å². The summed E-state index contributed by atoms with van der Waals surface area (Å²) >= 11 is 0. The van der Waals surface area contributed by atoms with Crippen LogP contribution in [0.3, 0.4) is 0 Å². The van der Waals surface area contributed by atoms with Crippen molar-refractivity contribution in [1.29, 1.82) is 0 Å². The molecule has 0 atom stereocenters. The number of likely N-dealkylation sites (N-methyl/N-ethyl adjacent to an activating group) is 1. The molecule has 3 rings (SSSR count). The molecule has 6 nitrogen and oxygen atoms in total. The van der Waals surface area contributed by atoms with E-state index in [0.717, 1.165) is 45.8 Å². The number of para-hydroxylation sites is 1. The van der Waals surface area contributed by atoms with E-state index >= 15 is 0 Å². The highest BCUT2D eigenvalue weighted by molar-refractivity contribution is 5.97. The van der Waals surface area contributed by atoms with Crippen LogP contribution in [0.1, 0.15) is 13.3 Å². The Kier molecular flexibility index (Phi) is 5.91. The van der Waals surface area contributed by atoms with Crippen molar-refractivity contribution in [2.45, 2.75) is 13.3 Å². The van der Waals surface area contributed by atoms with Crippen LogP contribution < -0.4 is 4.90 Å². The largest absolute Gasteiger partial charge is 0.368 e. The first-order valence-electron chi connectivity index (χ1n) is 9.25. The minimum Gasteiger partial charge on any atom is -0.368 e. The van der Waals surface area contributed by atoms with Crippen LogP contribution in [-0.2, 0) is 9.59 Å². The third-order valence-electron chi connectivity index (χ3n) is 5.23. The topological polar surface area (TPSA) is 47.1 Å². The molecule has 6 heteroatoms. The SMILES string of the molecule is CCN1CCN(C(=O)CC(=O)N2CCN(c3ccccc3)CC2)CC1. The van der Waals surface area contributed by atoms with Gasteiger partial charge in [0.15, 0.2) is 0 Å². The van der Waals surface area contributed by atoms with Crippen molar-refractivity contribution in [1.82, 2.24) is 14.7 Å². The van der Waals surface area contributed by atoms with Gasteiger partial charge in [0.25, 0.3) is 0 Å². The van der Waals surface area contributed by atoms with Crippen molar-refractivity contribution in [3.63, 3.8) is 0 Å². The molecule has 0 spiro atoms. The molecule has 2 fully saturated rings. The third kappa shape index (κ3) is 4.51. The zero-order valence-corrected chi connectivity index (χ0v) is 15.1. The number of rotatable bonds is 4. The Bertz CT molecular complexity index is 576. The summed E-state index contributed by atoms with van der Waals surface area (Å²) < 4.78 is 0. The minimum atomic E-state index is -0.0318. The highest BCUT2D eigenvalue weighted by Gasteiger charge is 2.26. The quantitative estimate of drug-likeness (QED) is 0.761. The molecule has 0 radical (unpaired) electrons. The lowest BCUT2D eigenvalue weighted by molar-refractivity contribution is -0.141. The fraction of sp³-hybridized carbons (Fsp3) is 0.579. The molecule has 2 aliphatic heterocycles. The molecular weight excluding hydrogens is 316 g/mol. The second kappa shape index (κ2) is 8.34. The maximum atomic E-state index is 12.5. The van der Waals surface area contributed by atoms with Crippen molar-refractivity contribution in [3.8, 4) is 0 Å². The van der Waals surface area contributed by atoms with E-state index in [2.05, 4.69) is 28.9 Å². The molecule has 0 aliphatic carbocycles. The Morgan fingerprint density at radius 3 is 1.84 bits per heavy atom. The van der Waals surface area contributed by atoms with Crippen LogP contribution in [0.2, 0.25) is 0 Å². The van der Waals surface area contributed by atoms with E-state index in [4.69, 9.17) is 0 Å². The Morgan fingerprint density at radius 1 is 0.800 bits per heavy atom. The Labute approximate surface area is 150 Å². The Morgan fingerprint density at radius 2 is 1.32 bits per heavy atom. The van der Waals surface area contributed by atoms with Gasteiger partial charge in [0, 0.05) is 58.0 Å². The first kappa shape index (κ1) is 17.7. The van der Waals surface area contributed by atoms with Gasteiger partial charge in [-0.15, -0.1) is 0 Å². The predicted molar refractivity (Wildman–Crippen MR) is 98.5 cm³/mol. The first-order chi connectivity index (χ1) is 12.2. The lowest BCUT2D eigenvalue weighted by Gasteiger charge is -2.37. The van der Waals surface area contributed by atoms with Gasteiger partial charge in [-0.25, -0.2) is 0 Å². The second-order valence-corrected chi connectivity index (χ2v) is 6.70. The molecule has 2 amide bonds. The molecule has 2 saturated heterocycles. The van der Waals surface area contributed by atoms with Crippen molar-refractivity contribution < 1.29 is 9.59 Å². The minimum absolute atomic E-state index is 0.0114. The van der Waals surface area contributed by atoms with Crippen LogP contribution in [0.25, 0.3) is 0 Å². The number of carbonyl (C=O) groups excluding carboxylic acids is 2. The van der Waals surface area contributed by atoms with E-state index < -0.39 is 0 Å². The summed E-state index contributed by atoms with van der Waals surface area (Å²) in [7, 11) is 0. The molecule has 1 aromatic carbocycles. The number of amides is 2. The average molecular weight is 344 g/mol. The van der Waals surface area contributed by atoms with Gasteiger partial charge < -0.3 is 19.6 Å². The fourth-order valence-corrected chi connectivity index (χ4v) is 3.52. The summed E-state index contributed by atoms with van der Waals surface area (Å²) in [5, 5.41) is 0. The third-order valence-corrected chi connectivity index (χ3v) is 5.23. The number of hydrogen-bond acceptors (Lipinski definition) is 4. The van der Waals surface area contributed by atoms with Crippen molar-refractivity contribution in [2.24, 2.45) is 0 Å². The summed E-state index contributed by atoms with van der Waals surface area (Å²) in [6.07, 6.45) is 0.0114. The summed E-state index contributed by atoms with van der Waals surface area (Å²) in [4.78, 5) is 33.1. The number of hydrogen-bond donors (Lipinski definition) is 0. The van der Waals surface area contributed by atoms with Crippen LogP contribution in [-0.4, -0.2) is 85.4 Å². The van der Waals surface area contributed by atoms with E-state index in [0.29, 0.717) is 13.1 Å². The zero-order chi connectivity index (χ0) is 17.6. The van der Waals surface area contributed by atoms with Gasteiger partial charge in [0.05, 0.1) is 0 Å². The smallest absolute Gasteiger partial charge is 0.232 e. The molecule has 25 heavy (non-hydrogen) atoms. The molecule has 1 aromatic rings. The van der Waals surface area contributed by atoms with E-state index in [1.807, 2.05) is 28.0 Å². The molecule has 0 unspecified atom stereocenters. The monoisotopic (exact) mass is 344 g/mol. The summed E-state index contributed by atoms with van der Waals surface area (Å²) in [6.45, 7) is 9.46. The normalized spacial score (nSPS) is 19.2. The molecule has 136 valence electrons.